The Morgan fingerprint density at radius 1 is 1.35 bits per heavy atom. The molecule has 0 saturated carbocycles. The number of rotatable bonds is 3. The van der Waals surface area contributed by atoms with Crippen molar-refractivity contribution in [1.82, 2.24) is 20.3 Å². The fraction of sp³-hybridized carbons (Fsp3) is 0.0909. The van der Waals surface area contributed by atoms with Crippen LogP contribution >= 0.6 is 0 Å². The van der Waals surface area contributed by atoms with Gasteiger partial charge in [0.25, 0.3) is 5.95 Å². The molecule has 0 amide bonds. The topological polar surface area (TPSA) is 82.0 Å². The molecule has 0 fully saturated rings. The van der Waals surface area contributed by atoms with Gasteiger partial charge in [-0.2, -0.15) is 5.10 Å². The molecule has 6 nitrogen and oxygen atoms in total. The molecule has 0 bridgehead atoms. The third-order valence-electron chi connectivity index (χ3n) is 2.05. The highest BCUT2D eigenvalue weighted by molar-refractivity contribution is 5.96. The normalized spacial score (nSPS) is 12.2. The van der Waals surface area contributed by atoms with Gasteiger partial charge in [-0.3, -0.25) is 0 Å². The maximum absolute atomic E-state index is 5.49. The number of nitrogens with zero attached hydrogens (tertiary/aromatic N) is 5. The van der Waals surface area contributed by atoms with Crippen LogP contribution in [0.2, 0.25) is 0 Å². The molecule has 6 heteroatoms. The van der Waals surface area contributed by atoms with Gasteiger partial charge in [-0.1, -0.05) is 46.3 Å². The number of allylic oxidation sites excluding steroid dienone is 1. The number of benzene rings is 1. The maximum Gasteiger partial charge on any atom is 0.263 e. The minimum atomic E-state index is 0.164. The Hall–Kier alpha value is -2.50. The summed E-state index contributed by atoms with van der Waals surface area (Å²) < 4.78 is 0. The number of tetrazole rings is 1. The minimum Gasteiger partial charge on any atom is -0.365 e. The first-order chi connectivity index (χ1) is 8.25. The highest BCUT2D eigenvalue weighted by Gasteiger charge is 1.97. The zero-order valence-corrected chi connectivity index (χ0v) is 9.35. The molecule has 2 N–H and O–H groups in total. The molecule has 0 spiro atoms. The number of hydrogen-bond acceptors (Lipinski definition) is 5. The second-order valence-electron chi connectivity index (χ2n) is 3.41. The molecule has 17 heavy (non-hydrogen) atoms. The number of aromatic nitrogens is 4. The van der Waals surface area contributed by atoms with Crippen molar-refractivity contribution in [2.24, 2.45) is 5.10 Å². The number of nitrogen functional groups attached to an aromatic ring is 1. The third kappa shape index (κ3) is 2.97. The third-order valence-corrected chi connectivity index (χ3v) is 2.05. The highest BCUT2D eigenvalue weighted by Crippen LogP contribution is 2.01. The van der Waals surface area contributed by atoms with E-state index in [9.17, 15) is 0 Å². The van der Waals surface area contributed by atoms with Gasteiger partial charge in [0.15, 0.2) is 0 Å². The van der Waals surface area contributed by atoms with E-state index >= 15 is 0 Å². The summed E-state index contributed by atoms with van der Waals surface area (Å²) in [7, 11) is 0. The van der Waals surface area contributed by atoms with Crippen LogP contribution in [0.3, 0.4) is 0 Å². The van der Waals surface area contributed by atoms with Crippen molar-refractivity contribution in [2.75, 3.05) is 5.73 Å². The number of nitrogens with two attached hydrogens (primary N) is 1. The molecule has 1 aromatic heterocycles. The summed E-state index contributed by atoms with van der Waals surface area (Å²) in [6, 6.07) is 9.95. The molecule has 2 aromatic rings. The van der Waals surface area contributed by atoms with Gasteiger partial charge in [-0.25, -0.2) is 0 Å². The summed E-state index contributed by atoms with van der Waals surface area (Å²) in [6.45, 7) is 1.85. The molecule has 0 aliphatic rings. The Labute approximate surface area is 98.4 Å². The van der Waals surface area contributed by atoms with Crippen LogP contribution in [0.4, 0.5) is 5.95 Å². The predicted octanol–water partition coefficient (Wildman–Crippen LogP) is 1.19. The summed E-state index contributed by atoms with van der Waals surface area (Å²) in [5.41, 5.74) is 7.35. The lowest BCUT2D eigenvalue weighted by Gasteiger charge is -1.94. The summed E-state index contributed by atoms with van der Waals surface area (Å²) in [4.78, 5) is 1.19. The smallest absolute Gasteiger partial charge is 0.263 e. The Morgan fingerprint density at radius 2 is 2.12 bits per heavy atom. The molecule has 0 aliphatic carbocycles. The van der Waals surface area contributed by atoms with Gasteiger partial charge in [0.05, 0.1) is 5.71 Å². The molecule has 2 rings (SSSR count). The van der Waals surface area contributed by atoms with E-state index in [1.807, 2.05) is 49.4 Å². The first kappa shape index (κ1) is 11.0. The first-order valence-corrected chi connectivity index (χ1v) is 5.08. The monoisotopic (exact) mass is 228 g/mol. The second-order valence-corrected chi connectivity index (χ2v) is 3.41. The Kier molecular flexibility index (Phi) is 3.25. The van der Waals surface area contributed by atoms with Crippen LogP contribution in [-0.4, -0.2) is 26.0 Å². The van der Waals surface area contributed by atoms with E-state index < -0.39 is 0 Å². The maximum atomic E-state index is 5.49. The zero-order chi connectivity index (χ0) is 12.1. The fourth-order valence-corrected chi connectivity index (χ4v) is 1.22. The van der Waals surface area contributed by atoms with Gasteiger partial charge in [-0.05, 0) is 29.0 Å². The van der Waals surface area contributed by atoms with E-state index in [1.165, 1.54) is 4.79 Å². The molecular formula is C11H12N6. The van der Waals surface area contributed by atoms with Crippen LogP contribution in [0.15, 0.2) is 41.5 Å². The Morgan fingerprint density at radius 3 is 2.76 bits per heavy atom. The standard InChI is InChI=1S/C11H12N6/c1-9(14-17-11(12)13-15-16-17)7-8-10-5-3-2-4-6-10/h2-8H,1H3,(H2,12,13,16)/b8-7+,14-9-. The Balaban J connectivity index is 2.12. The van der Waals surface area contributed by atoms with E-state index in [4.69, 9.17) is 5.73 Å². The van der Waals surface area contributed by atoms with Crippen molar-refractivity contribution in [3.63, 3.8) is 0 Å². The van der Waals surface area contributed by atoms with Gasteiger partial charge in [-0.15, -0.1) is 0 Å². The molecule has 0 saturated heterocycles. The Bertz CT molecular complexity index is 540. The molecule has 86 valence electrons. The van der Waals surface area contributed by atoms with Gasteiger partial charge < -0.3 is 5.73 Å². The average Bonchev–Trinajstić information content (AvgIpc) is 2.74. The van der Waals surface area contributed by atoms with Crippen LogP contribution < -0.4 is 5.73 Å². The van der Waals surface area contributed by atoms with Gasteiger partial charge in [0, 0.05) is 0 Å². The van der Waals surface area contributed by atoms with Crippen molar-refractivity contribution in [2.45, 2.75) is 6.92 Å². The largest absolute Gasteiger partial charge is 0.365 e. The van der Waals surface area contributed by atoms with E-state index in [0.717, 1.165) is 11.3 Å². The van der Waals surface area contributed by atoms with Crippen molar-refractivity contribution in [1.29, 1.82) is 0 Å². The number of anilines is 1. The minimum absolute atomic E-state index is 0.164. The highest BCUT2D eigenvalue weighted by atomic mass is 15.7. The van der Waals surface area contributed by atoms with Crippen molar-refractivity contribution < 1.29 is 0 Å². The van der Waals surface area contributed by atoms with Gasteiger partial charge >= 0.3 is 0 Å². The van der Waals surface area contributed by atoms with E-state index in [1.54, 1.807) is 0 Å². The van der Waals surface area contributed by atoms with Crippen LogP contribution in [0.5, 0.6) is 0 Å². The van der Waals surface area contributed by atoms with Crippen molar-refractivity contribution in [3.05, 3.63) is 42.0 Å². The van der Waals surface area contributed by atoms with Crippen molar-refractivity contribution >= 4 is 17.7 Å². The summed E-state index contributed by atoms with van der Waals surface area (Å²) in [5.74, 6) is 0.164. The van der Waals surface area contributed by atoms with Crippen LogP contribution in [0.25, 0.3) is 6.08 Å². The molecule has 0 aliphatic heterocycles. The second kappa shape index (κ2) is 5.02. The lowest BCUT2D eigenvalue weighted by atomic mass is 10.2. The lowest BCUT2D eigenvalue weighted by molar-refractivity contribution is 0.697. The molecule has 1 heterocycles. The van der Waals surface area contributed by atoms with Crippen LogP contribution in [0, 0.1) is 0 Å². The molecule has 0 unspecified atom stereocenters. The summed E-state index contributed by atoms with van der Waals surface area (Å²) in [5, 5.41) is 14.7. The average molecular weight is 228 g/mol. The summed E-state index contributed by atoms with van der Waals surface area (Å²) in [6.07, 6.45) is 3.83. The predicted molar refractivity (Wildman–Crippen MR) is 66.2 cm³/mol. The quantitative estimate of drug-likeness (QED) is 0.800. The van der Waals surface area contributed by atoms with E-state index in [-0.39, 0.29) is 5.95 Å². The first-order valence-electron chi connectivity index (χ1n) is 5.08. The van der Waals surface area contributed by atoms with E-state index in [2.05, 4.69) is 20.6 Å². The lowest BCUT2D eigenvalue weighted by Crippen LogP contribution is -2.01. The fourth-order valence-electron chi connectivity index (χ4n) is 1.22. The number of hydrogen-bond donors (Lipinski definition) is 1. The molecule has 0 radical (unpaired) electrons. The van der Waals surface area contributed by atoms with E-state index in [0.29, 0.717) is 0 Å². The molecule has 1 aromatic carbocycles. The summed E-state index contributed by atoms with van der Waals surface area (Å²) >= 11 is 0. The SMILES string of the molecule is CC(/C=C/c1ccccc1)=N/n1nnnc1N. The van der Waals surface area contributed by atoms with Crippen molar-refractivity contribution in [3.8, 4) is 0 Å². The van der Waals surface area contributed by atoms with Crippen LogP contribution in [-0.2, 0) is 0 Å². The van der Waals surface area contributed by atoms with Gasteiger partial charge in [0.2, 0.25) is 0 Å². The van der Waals surface area contributed by atoms with Gasteiger partial charge in [0.1, 0.15) is 0 Å². The molecular weight excluding hydrogens is 216 g/mol. The molecule has 0 atom stereocenters. The van der Waals surface area contributed by atoms with Crippen LogP contribution in [0.1, 0.15) is 12.5 Å². The zero-order valence-electron chi connectivity index (χ0n) is 9.35.